The first-order valence-corrected chi connectivity index (χ1v) is 5.98. The fraction of sp³-hybridized carbons (Fsp3) is 1.00. The molecule has 0 amide bonds. The van der Waals surface area contributed by atoms with Crippen LogP contribution in [0.1, 0.15) is 33.6 Å². The van der Waals surface area contributed by atoms with Crippen molar-refractivity contribution in [3.63, 3.8) is 0 Å². The van der Waals surface area contributed by atoms with Crippen molar-refractivity contribution in [1.29, 1.82) is 0 Å². The Morgan fingerprint density at radius 1 is 1.27 bits per heavy atom. The average Bonchev–Trinajstić information content (AvgIpc) is 2.77. The molecule has 0 saturated carbocycles. The second-order valence-corrected chi connectivity index (χ2v) is 4.59. The lowest BCUT2D eigenvalue weighted by molar-refractivity contribution is -0.247. The molecule has 4 rings (SSSR count). The van der Waals surface area contributed by atoms with E-state index in [-0.39, 0.29) is 19.0 Å². The van der Waals surface area contributed by atoms with Crippen molar-refractivity contribution in [3.05, 3.63) is 0 Å². The van der Waals surface area contributed by atoms with Crippen LogP contribution in [-0.4, -0.2) is 42.7 Å². The van der Waals surface area contributed by atoms with Crippen LogP contribution in [0.2, 0.25) is 0 Å². The van der Waals surface area contributed by atoms with Crippen molar-refractivity contribution in [2.45, 2.75) is 51.0 Å². The summed E-state index contributed by atoms with van der Waals surface area (Å²) in [6, 6.07) is 0. The van der Waals surface area contributed by atoms with Crippen LogP contribution in [0.3, 0.4) is 0 Å². The lowest BCUT2D eigenvalue weighted by Crippen LogP contribution is -2.67. The van der Waals surface area contributed by atoms with Gasteiger partial charge in [0.05, 0.1) is 5.54 Å². The second kappa shape index (κ2) is 2.97. The Morgan fingerprint density at radius 3 is 2.47 bits per heavy atom. The van der Waals surface area contributed by atoms with Gasteiger partial charge in [-0.15, -0.1) is 0 Å². The van der Waals surface area contributed by atoms with E-state index in [9.17, 15) is 0 Å². The van der Waals surface area contributed by atoms with Gasteiger partial charge in [0.2, 0.25) is 0 Å². The minimum absolute atomic E-state index is 0.0133. The van der Waals surface area contributed by atoms with Gasteiger partial charge in [-0.25, -0.2) is 0 Å². The summed E-state index contributed by atoms with van der Waals surface area (Å²) >= 11 is 0. The van der Waals surface area contributed by atoms with E-state index < -0.39 is 5.79 Å². The van der Waals surface area contributed by atoms with Crippen molar-refractivity contribution in [3.8, 4) is 0 Å². The van der Waals surface area contributed by atoms with E-state index in [1.54, 1.807) is 0 Å². The fourth-order valence-corrected chi connectivity index (χ4v) is 3.63. The van der Waals surface area contributed by atoms with Gasteiger partial charge in [0.25, 0.3) is 0 Å². The molecule has 4 heterocycles. The smallest absolute Gasteiger partial charge is 0.376 e. The molecule has 1 spiro atoms. The molecule has 1 atom stereocenters. The molecule has 0 aliphatic carbocycles. The summed E-state index contributed by atoms with van der Waals surface area (Å²) in [5, 5.41) is 0. The highest BCUT2D eigenvalue weighted by Gasteiger charge is 2.78. The predicted octanol–water partition coefficient (Wildman–Crippen LogP) is 1.01. The molecule has 0 radical (unpaired) electrons. The van der Waals surface area contributed by atoms with Crippen LogP contribution in [0.5, 0.6) is 0 Å². The molecule has 4 fully saturated rings. The van der Waals surface area contributed by atoms with Crippen LogP contribution in [0.4, 0.5) is 0 Å². The van der Waals surface area contributed by atoms with E-state index in [1.807, 2.05) is 0 Å². The first-order chi connectivity index (χ1) is 7.22. The SMILES string of the molecule is CCN1CC2OB3OC2(O3)C1(CC)CC. The average molecular weight is 211 g/mol. The van der Waals surface area contributed by atoms with Gasteiger partial charge in [-0.1, -0.05) is 20.8 Å². The molecule has 15 heavy (non-hydrogen) atoms. The number of hydrogen-bond acceptors (Lipinski definition) is 4. The lowest BCUT2D eigenvalue weighted by Gasteiger charge is -2.50. The molecule has 4 aliphatic heterocycles. The van der Waals surface area contributed by atoms with Crippen LogP contribution in [0.15, 0.2) is 0 Å². The Labute approximate surface area is 91.0 Å². The summed E-state index contributed by atoms with van der Waals surface area (Å²) in [6.07, 6.45) is 2.20. The molecule has 0 aromatic heterocycles. The van der Waals surface area contributed by atoms with E-state index in [4.69, 9.17) is 14.0 Å². The molecule has 5 heteroatoms. The largest absolute Gasteiger partial charge is 0.644 e. The first kappa shape index (κ1) is 10.1. The van der Waals surface area contributed by atoms with E-state index in [2.05, 4.69) is 25.7 Å². The predicted molar refractivity (Wildman–Crippen MR) is 56.1 cm³/mol. The molecular weight excluding hydrogens is 193 g/mol. The van der Waals surface area contributed by atoms with E-state index >= 15 is 0 Å². The van der Waals surface area contributed by atoms with Gasteiger partial charge in [-0.2, -0.15) is 0 Å². The highest BCUT2D eigenvalue weighted by Crippen LogP contribution is 2.57. The molecule has 4 aliphatic rings. The maximum atomic E-state index is 5.81. The van der Waals surface area contributed by atoms with Gasteiger partial charge in [0.15, 0.2) is 5.79 Å². The maximum absolute atomic E-state index is 5.81. The molecule has 84 valence electrons. The standard InChI is InChI=1S/C10H18BNO3/c1-4-9(5-2)10-8(7-12(9)6-3)13-11(14-10)15-10/h8H,4-7H2,1-3H3. The van der Waals surface area contributed by atoms with E-state index in [0.717, 1.165) is 25.9 Å². The Kier molecular flexibility index (Phi) is 2.00. The van der Waals surface area contributed by atoms with Crippen molar-refractivity contribution in [2.24, 2.45) is 0 Å². The second-order valence-electron chi connectivity index (χ2n) is 4.59. The van der Waals surface area contributed by atoms with Crippen molar-refractivity contribution >= 4 is 7.32 Å². The third-order valence-corrected chi connectivity index (χ3v) is 4.43. The maximum Gasteiger partial charge on any atom is 0.644 e. The molecule has 0 aromatic carbocycles. The topological polar surface area (TPSA) is 30.9 Å². The van der Waals surface area contributed by atoms with Gasteiger partial charge < -0.3 is 14.0 Å². The van der Waals surface area contributed by atoms with Gasteiger partial charge in [0, 0.05) is 6.54 Å². The molecule has 4 saturated heterocycles. The van der Waals surface area contributed by atoms with Gasteiger partial charge >= 0.3 is 7.32 Å². The van der Waals surface area contributed by atoms with Gasteiger partial charge in [-0.3, -0.25) is 4.90 Å². The summed E-state index contributed by atoms with van der Waals surface area (Å²) < 4.78 is 17.3. The summed E-state index contributed by atoms with van der Waals surface area (Å²) in [5.41, 5.74) is 0.0133. The first-order valence-electron chi connectivity index (χ1n) is 5.98. The fourth-order valence-electron chi connectivity index (χ4n) is 3.63. The number of likely N-dealkylation sites (tertiary alicyclic amines) is 1. The zero-order chi connectivity index (χ0) is 10.7. The zero-order valence-corrected chi connectivity index (χ0v) is 9.66. The zero-order valence-electron chi connectivity index (χ0n) is 9.66. The molecule has 0 aromatic rings. The van der Waals surface area contributed by atoms with Crippen molar-refractivity contribution in [1.82, 2.24) is 4.90 Å². The van der Waals surface area contributed by atoms with Crippen molar-refractivity contribution in [2.75, 3.05) is 13.1 Å². The Hall–Kier alpha value is -0.0951. The minimum atomic E-state index is -0.461. The Morgan fingerprint density at radius 2 is 1.93 bits per heavy atom. The molecule has 1 unspecified atom stereocenters. The molecule has 0 N–H and O–H groups in total. The van der Waals surface area contributed by atoms with Crippen LogP contribution >= 0.6 is 0 Å². The summed E-state index contributed by atoms with van der Waals surface area (Å²) in [5.74, 6) is -0.461. The molecular formula is C10H18BNO3. The van der Waals surface area contributed by atoms with Crippen LogP contribution < -0.4 is 0 Å². The van der Waals surface area contributed by atoms with Crippen LogP contribution in [0.25, 0.3) is 0 Å². The highest BCUT2D eigenvalue weighted by atomic mass is 16.9. The van der Waals surface area contributed by atoms with E-state index in [1.165, 1.54) is 0 Å². The summed E-state index contributed by atoms with van der Waals surface area (Å²) in [7, 11) is -0.383. The van der Waals surface area contributed by atoms with Crippen molar-refractivity contribution < 1.29 is 14.0 Å². The summed E-state index contributed by atoms with van der Waals surface area (Å²) in [6.45, 7) is 8.58. The van der Waals surface area contributed by atoms with E-state index in [0.29, 0.717) is 0 Å². The normalized spacial score (nSPS) is 41.8. The Balaban J connectivity index is 2.00. The highest BCUT2D eigenvalue weighted by molar-refractivity contribution is 6.40. The van der Waals surface area contributed by atoms with Gasteiger partial charge in [-0.05, 0) is 19.4 Å². The lowest BCUT2D eigenvalue weighted by atomic mass is 9.81. The number of nitrogens with zero attached hydrogens (tertiary/aromatic N) is 1. The third kappa shape index (κ3) is 0.896. The summed E-state index contributed by atoms with van der Waals surface area (Å²) in [4.78, 5) is 2.45. The monoisotopic (exact) mass is 211 g/mol. The Bertz CT molecular complexity index is 276. The quantitative estimate of drug-likeness (QED) is 0.652. The number of likely N-dealkylation sites (N-methyl/N-ethyl adjacent to an activating group) is 1. The molecule has 4 nitrogen and oxygen atoms in total. The minimum Gasteiger partial charge on any atom is -0.376 e. The van der Waals surface area contributed by atoms with Crippen LogP contribution in [-0.2, 0) is 14.0 Å². The van der Waals surface area contributed by atoms with Crippen LogP contribution in [0, 0.1) is 0 Å². The molecule has 2 bridgehead atoms. The number of hydrogen-bond donors (Lipinski definition) is 0. The third-order valence-electron chi connectivity index (χ3n) is 4.43. The number of rotatable bonds is 3. The van der Waals surface area contributed by atoms with Gasteiger partial charge in [0.1, 0.15) is 6.10 Å².